The summed E-state index contributed by atoms with van der Waals surface area (Å²) < 4.78 is 19.8. The van der Waals surface area contributed by atoms with E-state index in [1.54, 1.807) is 12.1 Å². The molecule has 0 unspecified atom stereocenters. The molecular formula is C18H26BrFIN3O2. The van der Waals surface area contributed by atoms with Crippen molar-refractivity contribution in [3.8, 4) is 0 Å². The zero-order valence-electron chi connectivity index (χ0n) is 15.1. The van der Waals surface area contributed by atoms with E-state index >= 15 is 0 Å². The van der Waals surface area contributed by atoms with Crippen molar-refractivity contribution in [1.82, 2.24) is 10.2 Å². The molecule has 0 aliphatic carbocycles. The Hall–Kier alpha value is -0.900. The third kappa shape index (κ3) is 6.68. The van der Waals surface area contributed by atoms with Crippen LogP contribution in [0.2, 0.25) is 0 Å². The first kappa shape index (κ1) is 23.1. The summed E-state index contributed by atoms with van der Waals surface area (Å²) in [6.07, 6.45) is 1.49. The van der Waals surface area contributed by atoms with Crippen molar-refractivity contribution in [3.05, 3.63) is 34.1 Å². The number of carbonyl (C=O) groups is 1. The van der Waals surface area contributed by atoms with E-state index in [2.05, 4.69) is 31.1 Å². The number of hydrogen-bond donors (Lipinski definition) is 1. The maximum atomic E-state index is 13.9. The molecule has 1 aliphatic heterocycles. The van der Waals surface area contributed by atoms with E-state index in [0.717, 1.165) is 42.9 Å². The average Bonchev–Trinajstić information content (AvgIpc) is 2.61. The maximum absolute atomic E-state index is 13.9. The molecule has 1 aromatic rings. The number of guanidine groups is 1. The van der Waals surface area contributed by atoms with Crippen molar-refractivity contribution < 1.29 is 13.9 Å². The summed E-state index contributed by atoms with van der Waals surface area (Å²) in [5.41, 5.74) is 0.547. The lowest BCUT2D eigenvalue weighted by molar-refractivity contribution is -0.149. The molecule has 0 atom stereocenters. The van der Waals surface area contributed by atoms with Crippen LogP contribution in [0.5, 0.6) is 0 Å². The zero-order chi connectivity index (χ0) is 18.2. The Kier molecular flexibility index (Phi) is 10.4. The van der Waals surface area contributed by atoms with Crippen molar-refractivity contribution in [1.29, 1.82) is 0 Å². The molecular weight excluding hydrogens is 516 g/mol. The highest BCUT2D eigenvalue weighted by Crippen LogP contribution is 2.20. The number of carbonyl (C=O) groups excluding carboxylic acids is 1. The number of piperidine rings is 1. The fraction of sp³-hybridized carbons (Fsp3) is 0.556. The molecule has 1 saturated heterocycles. The normalized spacial score (nSPS) is 15.4. The fourth-order valence-corrected chi connectivity index (χ4v) is 3.25. The minimum absolute atomic E-state index is 0. The van der Waals surface area contributed by atoms with Crippen LogP contribution in [0.3, 0.4) is 0 Å². The van der Waals surface area contributed by atoms with Gasteiger partial charge in [-0.05, 0) is 44.9 Å². The number of hydrogen-bond acceptors (Lipinski definition) is 3. The lowest BCUT2D eigenvalue weighted by Crippen LogP contribution is -2.46. The molecule has 1 N–H and O–H groups in total. The van der Waals surface area contributed by atoms with Gasteiger partial charge >= 0.3 is 5.97 Å². The van der Waals surface area contributed by atoms with Gasteiger partial charge in [0.05, 0.1) is 19.1 Å². The first-order chi connectivity index (χ1) is 12.0. The molecule has 8 heteroatoms. The van der Waals surface area contributed by atoms with Gasteiger partial charge in [-0.3, -0.25) is 4.79 Å². The Morgan fingerprint density at radius 1 is 1.38 bits per heavy atom. The van der Waals surface area contributed by atoms with E-state index in [1.165, 1.54) is 6.07 Å². The van der Waals surface area contributed by atoms with Crippen LogP contribution in [0.4, 0.5) is 4.39 Å². The van der Waals surface area contributed by atoms with Crippen LogP contribution in [0, 0.1) is 11.7 Å². The monoisotopic (exact) mass is 541 g/mol. The lowest BCUT2D eigenvalue weighted by Gasteiger charge is -2.33. The summed E-state index contributed by atoms with van der Waals surface area (Å²) in [7, 11) is 0. The Balaban J connectivity index is 0.00000338. The summed E-state index contributed by atoms with van der Waals surface area (Å²) in [6, 6.07) is 4.86. The van der Waals surface area contributed by atoms with E-state index < -0.39 is 0 Å². The number of rotatable bonds is 5. The summed E-state index contributed by atoms with van der Waals surface area (Å²) >= 11 is 3.36. The van der Waals surface area contributed by atoms with Crippen LogP contribution in [-0.2, 0) is 16.1 Å². The van der Waals surface area contributed by atoms with Gasteiger partial charge in [0.25, 0.3) is 0 Å². The van der Waals surface area contributed by atoms with Gasteiger partial charge in [-0.25, -0.2) is 9.38 Å². The fourth-order valence-electron chi connectivity index (χ4n) is 2.84. The number of halogens is 3. The summed E-state index contributed by atoms with van der Waals surface area (Å²) in [4.78, 5) is 18.5. The molecule has 0 bridgehead atoms. The number of ether oxygens (including phenoxy) is 1. The molecule has 0 radical (unpaired) electrons. The van der Waals surface area contributed by atoms with Crippen LogP contribution in [0.15, 0.2) is 27.7 Å². The first-order valence-electron chi connectivity index (χ1n) is 8.69. The van der Waals surface area contributed by atoms with E-state index in [0.29, 0.717) is 12.2 Å². The summed E-state index contributed by atoms with van der Waals surface area (Å²) in [6.45, 7) is 6.71. The molecule has 1 fully saturated rings. The predicted octanol–water partition coefficient (Wildman–Crippen LogP) is 3.95. The molecule has 0 amide bonds. The van der Waals surface area contributed by atoms with Crippen molar-refractivity contribution in [3.63, 3.8) is 0 Å². The van der Waals surface area contributed by atoms with Crippen molar-refractivity contribution in [2.45, 2.75) is 33.2 Å². The van der Waals surface area contributed by atoms with Crippen molar-refractivity contribution in [2.24, 2.45) is 10.9 Å². The highest BCUT2D eigenvalue weighted by molar-refractivity contribution is 14.0. The van der Waals surface area contributed by atoms with Gasteiger partial charge in [-0.2, -0.15) is 0 Å². The molecule has 5 nitrogen and oxygen atoms in total. The van der Waals surface area contributed by atoms with Gasteiger partial charge in [-0.1, -0.05) is 15.9 Å². The minimum atomic E-state index is -0.260. The van der Waals surface area contributed by atoms with Gasteiger partial charge < -0.3 is 15.0 Å². The Morgan fingerprint density at radius 3 is 2.69 bits per heavy atom. The molecule has 146 valence electrons. The van der Waals surface area contributed by atoms with Crippen molar-refractivity contribution >= 4 is 51.8 Å². The van der Waals surface area contributed by atoms with E-state index in [1.807, 2.05) is 13.8 Å². The number of likely N-dealkylation sites (tertiary alicyclic amines) is 1. The average molecular weight is 542 g/mol. The lowest BCUT2D eigenvalue weighted by atomic mass is 9.97. The minimum Gasteiger partial charge on any atom is -0.466 e. The smallest absolute Gasteiger partial charge is 0.309 e. The molecule has 26 heavy (non-hydrogen) atoms. The molecule has 1 heterocycles. The molecule has 0 saturated carbocycles. The number of benzene rings is 1. The van der Waals surface area contributed by atoms with Crippen LogP contribution in [0.25, 0.3) is 0 Å². The summed E-state index contributed by atoms with van der Waals surface area (Å²) in [5.74, 6) is 0.342. The van der Waals surface area contributed by atoms with E-state index in [9.17, 15) is 9.18 Å². The van der Waals surface area contributed by atoms with Crippen LogP contribution < -0.4 is 5.32 Å². The Labute approximate surface area is 179 Å². The molecule has 2 rings (SSSR count). The quantitative estimate of drug-likeness (QED) is 0.265. The van der Waals surface area contributed by atoms with Gasteiger partial charge in [0, 0.05) is 29.7 Å². The number of nitrogens with zero attached hydrogens (tertiary/aromatic N) is 2. The van der Waals surface area contributed by atoms with Crippen molar-refractivity contribution in [2.75, 3.05) is 26.2 Å². The van der Waals surface area contributed by atoms with E-state index in [-0.39, 0.29) is 48.2 Å². The Bertz CT molecular complexity index is 622. The standard InChI is InChI=1S/C18H25BrFN3O2.HI/c1-3-21-18(22-12-14-11-15(19)5-6-16(14)20)23-9-7-13(8-10-23)17(24)25-4-2;/h5-6,11,13H,3-4,7-10,12H2,1-2H3,(H,21,22);1H. The summed E-state index contributed by atoms with van der Waals surface area (Å²) in [5, 5.41) is 3.25. The van der Waals surface area contributed by atoms with Gasteiger partial charge in [0.1, 0.15) is 5.82 Å². The molecule has 0 aromatic heterocycles. The molecule has 1 aliphatic rings. The van der Waals surface area contributed by atoms with Crippen LogP contribution in [-0.4, -0.2) is 43.1 Å². The molecule has 0 spiro atoms. The zero-order valence-corrected chi connectivity index (χ0v) is 19.1. The third-order valence-electron chi connectivity index (χ3n) is 4.16. The largest absolute Gasteiger partial charge is 0.466 e. The SMILES string of the molecule is CCNC(=NCc1cc(Br)ccc1F)N1CCC(C(=O)OCC)CC1.I. The van der Waals surface area contributed by atoms with Gasteiger partial charge in [-0.15, -0.1) is 24.0 Å². The highest BCUT2D eigenvalue weighted by Gasteiger charge is 2.27. The second-order valence-corrected chi connectivity index (χ2v) is 6.83. The van der Waals surface area contributed by atoms with Gasteiger partial charge in [0.2, 0.25) is 0 Å². The number of nitrogens with one attached hydrogen (secondary N) is 1. The predicted molar refractivity (Wildman–Crippen MR) is 115 cm³/mol. The van der Waals surface area contributed by atoms with Crippen LogP contribution in [0.1, 0.15) is 32.3 Å². The number of esters is 1. The highest BCUT2D eigenvalue weighted by atomic mass is 127. The first-order valence-corrected chi connectivity index (χ1v) is 9.48. The molecule has 1 aromatic carbocycles. The second kappa shape index (κ2) is 11.7. The topological polar surface area (TPSA) is 53.9 Å². The maximum Gasteiger partial charge on any atom is 0.309 e. The second-order valence-electron chi connectivity index (χ2n) is 5.92. The van der Waals surface area contributed by atoms with Crippen LogP contribution >= 0.6 is 39.9 Å². The van der Waals surface area contributed by atoms with Gasteiger partial charge in [0.15, 0.2) is 5.96 Å². The Morgan fingerprint density at radius 2 is 2.08 bits per heavy atom. The van der Waals surface area contributed by atoms with E-state index in [4.69, 9.17) is 4.74 Å². The third-order valence-corrected chi connectivity index (χ3v) is 4.65. The number of aliphatic imine (C=N–C) groups is 1.